The number of pyridine rings is 1. The van der Waals surface area contributed by atoms with E-state index in [0.29, 0.717) is 18.0 Å². The number of aryl methyl sites for hydroxylation is 4. The van der Waals surface area contributed by atoms with Crippen molar-refractivity contribution >= 4 is 11.6 Å². The maximum absolute atomic E-state index is 12.7. The summed E-state index contributed by atoms with van der Waals surface area (Å²) in [6.45, 7) is 8.42. The number of rotatable bonds is 6. The Morgan fingerprint density at radius 1 is 1.00 bits per heavy atom. The molecule has 0 saturated heterocycles. The summed E-state index contributed by atoms with van der Waals surface area (Å²) in [5.41, 5.74) is 6.39. The Hall–Kier alpha value is -3.93. The van der Waals surface area contributed by atoms with Crippen molar-refractivity contribution in [2.45, 2.75) is 34.3 Å². The summed E-state index contributed by atoms with van der Waals surface area (Å²) in [5, 5.41) is 7.38. The summed E-state index contributed by atoms with van der Waals surface area (Å²) in [6, 6.07) is 19.4. The van der Waals surface area contributed by atoms with Crippen molar-refractivity contribution in [3.05, 3.63) is 101 Å². The number of ether oxygens (including phenoxy) is 1. The van der Waals surface area contributed by atoms with E-state index in [-0.39, 0.29) is 5.91 Å². The summed E-state index contributed by atoms with van der Waals surface area (Å²) in [6.07, 6.45) is 1.57. The monoisotopic (exact) mass is 426 g/mol. The van der Waals surface area contributed by atoms with Gasteiger partial charge in [-0.05, 0) is 75.2 Å². The zero-order valence-corrected chi connectivity index (χ0v) is 18.7. The van der Waals surface area contributed by atoms with Gasteiger partial charge in [0.15, 0.2) is 5.82 Å². The molecule has 0 unspecified atom stereocenters. The standard InChI is InChI=1S/C26H26N4O2/c1-17-6-5-7-21(12-17)16-32-23-9-10-24(18(2)13-23)28-26(31)22-8-11-25(27-15-22)30-20(4)14-19(3)29-30/h5-15H,16H2,1-4H3,(H,28,31). The minimum Gasteiger partial charge on any atom is -0.489 e. The van der Waals surface area contributed by atoms with Crippen LogP contribution in [0.5, 0.6) is 5.75 Å². The molecule has 1 N–H and O–H groups in total. The lowest BCUT2D eigenvalue weighted by atomic mass is 10.1. The smallest absolute Gasteiger partial charge is 0.257 e. The van der Waals surface area contributed by atoms with Crippen molar-refractivity contribution < 1.29 is 9.53 Å². The zero-order chi connectivity index (χ0) is 22.7. The van der Waals surface area contributed by atoms with Crippen LogP contribution in [0.3, 0.4) is 0 Å². The van der Waals surface area contributed by atoms with Crippen LogP contribution in [0.2, 0.25) is 0 Å². The lowest BCUT2D eigenvalue weighted by molar-refractivity contribution is 0.102. The second-order valence-electron chi connectivity index (χ2n) is 7.95. The van der Waals surface area contributed by atoms with Crippen LogP contribution in [0.15, 0.2) is 66.9 Å². The van der Waals surface area contributed by atoms with Gasteiger partial charge in [0.25, 0.3) is 5.91 Å². The van der Waals surface area contributed by atoms with Gasteiger partial charge in [0.2, 0.25) is 0 Å². The predicted molar refractivity (Wildman–Crippen MR) is 125 cm³/mol. The number of anilines is 1. The maximum atomic E-state index is 12.7. The molecule has 2 aromatic heterocycles. The molecule has 2 aromatic carbocycles. The van der Waals surface area contributed by atoms with E-state index < -0.39 is 0 Å². The molecule has 0 fully saturated rings. The van der Waals surface area contributed by atoms with E-state index in [2.05, 4.69) is 34.5 Å². The Labute approximate surface area is 187 Å². The van der Waals surface area contributed by atoms with Crippen molar-refractivity contribution in [1.82, 2.24) is 14.8 Å². The highest BCUT2D eigenvalue weighted by Crippen LogP contribution is 2.23. The van der Waals surface area contributed by atoms with Crippen molar-refractivity contribution in [1.29, 1.82) is 0 Å². The Morgan fingerprint density at radius 3 is 2.50 bits per heavy atom. The number of hydrogen-bond donors (Lipinski definition) is 1. The quantitative estimate of drug-likeness (QED) is 0.452. The van der Waals surface area contributed by atoms with Gasteiger partial charge >= 0.3 is 0 Å². The first-order valence-electron chi connectivity index (χ1n) is 10.5. The molecule has 0 bridgehead atoms. The molecule has 0 aliphatic heterocycles. The molecule has 0 atom stereocenters. The number of nitrogens with one attached hydrogen (secondary N) is 1. The highest BCUT2D eigenvalue weighted by Gasteiger charge is 2.11. The molecule has 0 aliphatic carbocycles. The van der Waals surface area contributed by atoms with Crippen LogP contribution in [0.25, 0.3) is 5.82 Å². The van der Waals surface area contributed by atoms with Crippen molar-refractivity contribution in [2.24, 2.45) is 0 Å². The Morgan fingerprint density at radius 2 is 1.84 bits per heavy atom. The van der Waals surface area contributed by atoms with Gasteiger partial charge in [-0.2, -0.15) is 5.10 Å². The van der Waals surface area contributed by atoms with Gasteiger partial charge in [-0.3, -0.25) is 4.79 Å². The Bertz CT molecular complexity index is 1260. The van der Waals surface area contributed by atoms with Crippen LogP contribution in [0, 0.1) is 27.7 Å². The summed E-state index contributed by atoms with van der Waals surface area (Å²) in [4.78, 5) is 17.1. The van der Waals surface area contributed by atoms with Gasteiger partial charge in [0, 0.05) is 17.6 Å². The topological polar surface area (TPSA) is 69.0 Å². The number of nitrogens with zero attached hydrogens (tertiary/aromatic N) is 3. The summed E-state index contributed by atoms with van der Waals surface area (Å²) < 4.78 is 7.67. The molecule has 4 rings (SSSR count). The van der Waals surface area contributed by atoms with Gasteiger partial charge in [-0.1, -0.05) is 29.8 Å². The zero-order valence-electron chi connectivity index (χ0n) is 18.7. The first-order chi connectivity index (χ1) is 15.4. The molecule has 6 heteroatoms. The van der Waals surface area contributed by atoms with E-state index in [1.54, 1.807) is 23.0 Å². The molecule has 32 heavy (non-hydrogen) atoms. The van der Waals surface area contributed by atoms with E-state index in [4.69, 9.17) is 4.74 Å². The first-order valence-corrected chi connectivity index (χ1v) is 10.5. The number of hydrogen-bond acceptors (Lipinski definition) is 4. The van der Waals surface area contributed by atoms with Crippen LogP contribution < -0.4 is 10.1 Å². The predicted octanol–water partition coefficient (Wildman–Crippen LogP) is 5.33. The van der Waals surface area contributed by atoms with Crippen LogP contribution in [-0.2, 0) is 6.61 Å². The fourth-order valence-electron chi connectivity index (χ4n) is 3.54. The molecule has 1 amide bonds. The maximum Gasteiger partial charge on any atom is 0.257 e. The van der Waals surface area contributed by atoms with Gasteiger partial charge in [0.05, 0.1) is 11.3 Å². The van der Waals surface area contributed by atoms with Gasteiger partial charge in [-0.25, -0.2) is 9.67 Å². The molecule has 6 nitrogen and oxygen atoms in total. The van der Waals surface area contributed by atoms with Crippen LogP contribution >= 0.6 is 0 Å². The summed E-state index contributed by atoms with van der Waals surface area (Å²) >= 11 is 0. The number of aromatic nitrogens is 3. The minimum absolute atomic E-state index is 0.214. The van der Waals surface area contributed by atoms with Gasteiger partial charge in [-0.15, -0.1) is 0 Å². The van der Waals surface area contributed by atoms with E-state index >= 15 is 0 Å². The van der Waals surface area contributed by atoms with Gasteiger partial charge in [0.1, 0.15) is 12.4 Å². The molecule has 0 spiro atoms. The summed E-state index contributed by atoms with van der Waals surface area (Å²) in [5.74, 6) is 1.23. The number of amides is 1. The van der Waals surface area contributed by atoms with Crippen LogP contribution in [0.1, 0.15) is 38.4 Å². The third kappa shape index (κ3) is 4.86. The largest absolute Gasteiger partial charge is 0.489 e. The number of benzene rings is 2. The second kappa shape index (κ2) is 9.06. The highest BCUT2D eigenvalue weighted by molar-refractivity contribution is 6.04. The van der Waals surface area contributed by atoms with Crippen LogP contribution in [-0.4, -0.2) is 20.7 Å². The lowest BCUT2D eigenvalue weighted by Crippen LogP contribution is -2.13. The number of carbonyl (C=O) groups is 1. The minimum atomic E-state index is -0.214. The van der Waals surface area contributed by atoms with E-state index in [1.807, 2.05) is 57.2 Å². The van der Waals surface area contributed by atoms with Crippen molar-refractivity contribution in [2.75, 3.05) is 5.32 Å². The first kappa shape index (κ1) is 21.3. The molecule has 4 aromatic rings. The van der Waals surface area contributed by atoms with E-state index in [1.165, 1.54) is 5.56 Å². The SMILES string of the molecule is Cc1cccc(COc2ccc(NC(=O)c3ccc(-n4nc(C)cc4C)nc3)c(C)c2)c1. The molecular weight excluding hydrogens is 400 g/mol. The van der Waals surface area contributed by atoms with E-state index in [9.17, 15) is 4.79 Å². The molecule has 0 radical (unpaired) electrons. The fraction of sp³-hybridized carbons (Fsp3) is 0.192. The second-order valence-corrected chi connectivity index (χ2v) is 7.95. The molecule has 0 saturated carbocycles. The number of carbonyl (C=O) groups excluding carboxylic acids is 1. The lowest BCUT2D eigenvalue weighted by Gasteiger charge is -2.12. The summed E-state index contributed by atoms with van der Waals surface area (Å²) in [7, 11) is 0. The normalized spacial score (nSPS) is 10.8. The van der Waals surface area contributed by atoms with Crippen molar-refractivity contribution in [3.63, 3.8) is 0 Å². The molecule has 2 heterocycles. The Kier molecular flexibility index (Phi) is 6.03. The van der Waals surface area contributed by atoms with E-state index in [0.717, 1.165) is 34.0 Å². The molecule has 0 aliphatic rings. The van der Waals surface area contributed by atoms with Gasteiger partial charge < -0.3 is 10.1 Å². The highest BCUT2D eigenvalue weighted by atomic mass is 16.5. The molecule has 162 valence electrons. The fourth-order valence-corrected chi connectivity index (χ4v) is 3.54. The molecular formula is C26H26N4O2. The Balaban J connectivity index is 1.41. The van der Waals surface area contributed by atoms with Crippen LogP contribution in [0.4, 0.5) is 5.69 Å². The average Bonchev–Trinajstić information content (AvgIpc) is 3.12. The third-order valence-electron chi connectivity index (χ3n) is 5.17. The third-order valence-corrected chi connectivity index (χ3v) is 5.17. The average molecular weight is 427 g/mol. The van der Waals surface area contributed by atoms with Crippen molar-refractivity contribution in [3.8, 4) is 11.6 Å².